The van der Waals surface area contributed by atoms with Crippen LogP contribution >= 0.6 is 0 Å². The number of nitrogens with zero attached hydrogens (tertiary/aromatic N) is 5. The Labute approximate surface area is 139 Å². The van der Waals surface area contributed by atoms with E-state index >= 15 is 0 Å². The molecule has 0 fully saturated rings. The van der Waals surface area contributed by atoms with Crippen molar-refractivity contribution >= 4 is 5.91 Å². The van der Waals surface area contributed by atoms with Gasteiger partial charge < -0.3 is 5.73 Å². The molecular formula is C15H12F2N6O2. The monoisotopic (exact) mass is 346 g/mol. The smallest absolute Gasteiger partial charge is 0.284 e. The van der Waals surface area contributed by atoms with Gasteiger partial charge in [-0.3, -0.25) is 19.3 Å². The lowest BCUT2D eigenvalue weighted by molar-refractivity contribution is 0.0998. The van der Waals surface area contributed by atoms with Gasteiger partial charge in [0.15, 0.2) is 0 Å². The van der Waals surface area contributed by atoms with Gasteiger partial charge in [0, 0.05) is 18.8 Å². The van der Waals surface area contributed by atoms with Gasteiger partial charge in [-0.25, -0.2) is 8.78 Å². The van der Waals surface area contributed by atoms with Crippen molar-refractivity contribution in [1.82, 2.24) is 24.5 Å². The standard InChI is InChI=1S/C15H12F2N6O2/c1-22-7-9(6-20-22)23-15(25)10(14(18)24)4-12(21-23)8-2-3-11(13(16)17)19-5-8/h2-7,13H,1H3,(H2,18,24). The van der Waals surface area contributed by atoms with Gasteiger partial charge in [-0.1, -0.05) is 0 Å². The summed E-state index contributed by atoms with van der Waals surface area (Å²) < 4.78 is 27.7. The molecule has 8 nitrogen and oxygen atoms in total. The third-order valence-electron chi connectivity index (χ3n) is 3.42. The number of rotatable bonds is 4. The van der Waals surface area contributed by atoms with Gasteiger partial charge in [0.05, 0.1) is 18.1 Å². The molecule has 128 valence electrons. The van der Waals surface area contributed by atoms with Crippen molar-refractivity contribution in [3.63, 3.8) is 0 Å². The number of hydrogen-bond donors (Lipinski definition) is 1. The van der Waals surface area contributed by atoms with E-state index in [1.807, 2.05) is 0 Å². The van der Waals surface area contributed by atoms with Crippen LogP contribution in [-0.4, -0.2) is 30.5 Å². The highest BCUT2D eigenvalue weighted by atomic mass is 19.3. The fourth-order valence-electron chi connectivity index (χ4n) is 2.19. The highest BCUT2D eigenvalue weighted by Crippen LogP contribution is 2.21. The first-order valence-corrected chi connectivity index (χ1v) is 7.04. The van der Waals surface area contributed by atoms with Gasteiger partial charge in [-0.05, 0) is 18.2 Å². The molecule has 0 aliphatic heterocycles. The number of pyridine rings is 1. The third-order valence-corrected chi connectivity index (χ3v) is 3.42. The van der Waals surface area contributed by atoms with Crippen LogP contribution in [0.4, 0.5) is 8.78 Å². The molecule has 3 aromatic heterocycles. The number of carbonyl (C=O) groups excluding carboxylic acids is 1. The summed E-state index contributed by atoms with van der Waals surface area (Å²) in [5.41, 5.74) is 4.75. The Morgan fingerprint density at radius 3 is 2.56 bits per heavy atom. The normalized spacial score (nSPS) is 11.0. The quantitative estimate of drug-likeness (QED) is 0.760. The average molecular weight is 346 g/mol. The Kier molecular flexibility index (Phi) is 4.09. The lowest BCUT2D eigenvalue weighted by atomic mass is 10.1. The Morgan fingerprint density at radius 2 is 2.04 bits per heavy atom. The molecule has 0 spiro atoms. The fourth-order valence-corrected chi connectivity index (χ4v) is 2.19. The lowest BCUT2D eigenvalue weighted by Crippen LogP contribution is -2.30. The van der Waals surface area contributed by atoms with Crippen LogP contribution in [0.2, 0.25) is 0 Å². The van der Waals surface area contributed by atoms with E-state index in [0.29, 0.717) is 11.3 Å². The summed E-state index contributed by atoms with van der Waals surface area (Å²) in [5, 5.41) is 8.11. The van der Waals surface area contributed by atoms with E-state index in [0.717, 1.165) is 10.7 Å². The van der Waals surface area contributed by atoms with E-state index in [1.54, 1.807) is 7.05 Å². The molecule has 1 amide bonds. The van der Waals surface area contributed by atoms with Crippen LogP contribution in [0.15, 0.2) is 41.6 Å². The fraction of sp³-hybridized carbons (Fsp3) is 0.133. The summed E-state index contributed by atoms with van der Waals surface area (Å²) in [4.78, 5) is 27.6. The van der Waals surface area contributed by atoms with E-state index in [-0.39, 0.29) is 17.0 Å². The molecule has 25 heavy (non-hydrogen) atoms. The van der Waals surface area contributed by atoms with E-state index in [1.165, 1.54) is 35.4 Å². The van der Waals surface area contributed by atoms with Gasteiger partial charge in [-0.15, -0.1) is 0 Å². The first-order chi connectivity index (χ1) is 11.9. The number of hydrogen-bond acceptors (Lipinski definition) is 5. The van der Waals surface area contributed by atoms with Crippen molar-refractivity contribution < 1.29 is 13.6 Å². The van der Waals surface area contributed by atoms with Crippen LogP contribution in [-0.2, 0) is 7.05 Å². The molecule has 0 radical (unpaired) electrons. The second kappa shape index (κ2) is 6.23. The van der Waals surface area contributed by atoms with Crippen LogP contribution < -0.4 is 11.3 Å². The average Bonchev–Trinajstić information content (AvgIpc) is 3.01. The third kappa shape index (κ3) is 3.13. The number of halogens is 2. The Balaban J connectivity index is 2.18. The zero-order valence-electron chi connectivity index (χ0n) is 12.9. The maximum atomic E-state index is 12.6. The van der Waals surface area contributed by atoms with Crippen molar-refractivity contribution in [3.05, 3.63) is 58.4 Å². The van der Waals surface area contributed by atoms with E-state index < -0.39 is 17.9 Å². The topological polar surface area (TPSA) is 109 Å². The van der Waals surface area contributed by atoms with Crippen LogP contribution in [0.1, 0.15) is 22.5 Å². The molecule has 3 heterocycles. The van der Waals surface area contributed by atoms with Gasteiger partial charge >= 0.3 is 0 Å². The van der Waals surface area contributed by atoms with E-state index in [9.17, 15) is 18.4 Å². The second-order valence-corrected chi connectivity index (χ2v) is 5.17. The first kappa shape index (κ1) is 16.4. The zero-order chi connectivity index (χ0) is 18.1. The Hall–Kier alpha value is -3.43. The van der Waals surface area contributed by atoms with Crippen molar-refractivity contribution in [2.45, 2.75) is 6.43 Å². The summed E-state index contributed by atoms with van der Waals surface area (Å²) in [7, 11) is 1.65. The molecule has 0 aromatic carbocycles. The minimum atomic E-state index is -2.70. The molecule has 3 aromatic rings. The summed E-state index contributed by atoms with van der Waals surface area (Å²) in [6.07, 6.45) is 1.40. The van der Waals surface area contributed by atoms with E-state index in [2.05, 4.69) is 15.2 Å². The molecule has 0 aliphatic carbocycles. The zero-order valence-corrected chi connectivity index (χ0v) is 12.9. The molecule has 0 unspecified atom stereocenters. The minimum absolute atomic E-state index is 0.186. The highest BCUT2D eigenvalue weighted by molar-refractivity contribution is 5.93. The Morgan fingerprint density at radius 1 is 1.28 bits per heavy atom. The van der Waals surface area contributed by atoms with Crippen molar-refractivity contribution in [3.8, 4) is 16.9 Å². The molecule has 0 atom stereocenters. The molecule has 10 heteroatoms. The summed E-state index contributed by atoms with van der Waals surface area (Å²) in [6.45, 7) is 0. The van der Waals surface area contributed by atoms with Gasteiger partial charge in [0.1, 0.15) is 16.9 Å². The molecule has 0 saturated heterocycles. The summed E-state index contributed by atoms with van der Waals surface area (Å²) >= 11 is 0. The molecule has 2 N–H and O–H groups in total. The number of aryl methyl sites for hydroxylation is 1. The van der Waals surface area contributed by atoms with Crippen LogP contribution in [0.3, 0.4) is 0 Å². The molecule has 0 aliphatic rings. The maximum Gasteiger partial charge on any atom is 0.284 e. The number of primary amides is 1. The number of alkyl halides is 2. The van der Waals surface area contributed by atoms with E-state index in [4.69, 9.17) is 5.73 Å². The van der Waals surface area contributed by atoms with Crippen molar-refractivity contribution in [2.75, 3.05) is 0 Å². The second-order valence-electron chi connectivity index (χ2n) is 5.17. The lowest BCUT2D eigenvalue weighted by Gasteiger charge is -2.08. The molecule has 0 bridgehead atoms. The molecular weight excluding hydrogens is 334 g/mol. The van der Waals surface area contributed by atoms with Crippen LogP contribution in [0.25, 0.3) is 16.9 Å². The Bertz CT molecular complexity index is 994. The SMILES string of the molecule is Cn1cc(-n2nc(-c3ccc(C(F)F)nc3)cc(C(N)=O)c2=O)cn1. The van der Waals surface area contributed by atoms with Crippen LogP contribution in [0, 0.1) is 0 Å². The molecule has 0 saturated carbocycles. The maximum absolute atomic E-state index is 12.6. The number of amides is 1. The minimum Gasteiger partial charge on any atom is -0.365 e. The largest absolute Gasteiger partial charge is 0.365 e. The number of aromatic nitrogens is 5. The number of carbonyl (C=O) groups is 1. The first-order valence-electron chi connectivity index (χ1n) is 7.04. The summed E-state index contributed by atoms with van der Waals surface area (Å²) in [6, 6.07) is 3.72. The number of nitrogens with two attached hydrogens (primary N) is 1. The van der Waals surface area contributed by atoms with Crippen molar-refractivity contribution in [1.29, 1.82) is 0 Å². The highest BCUT2D eigenvalue weighted by Gasteiger charge is 2.17. The van der Waals surface area contributed by atoms with Crippen LogP contribution in [0.5, 0.6) is 0 Å². The predicted octanol–water partition coefficient (Wildman–Crippen LogP) is 1.06. The van der Waals surface area contributed by atoms with Gasteiger partial charge in [-0.2, -0.15) is 14.9 Å². The molecule has 3 rings (SSSR count). The van der Waals surface area contributed by atoms with Gasteiger partial charge in [0.25, 0.3) is 17.9 Å². The van der Waals surface area contributed by atoms with Crippen molar-refractivity contribution in [2.24, 2.45) is 12.8 Å². The summed E-state index contributed by atoms with van der Waals surface area (Å²) in [5.74, 6) is -0.927. The predicted molar refractivity (Wildman–Crippen MR) is 83.3 cm³/mol. The van der Waals surface area contributed by atoms with Gasteiger partial charge in [0.2, 0.25) is 0 Å².